The van der Waals surface area contributed by atoms with Crippen molar-refractivity contribution in [3.8, 4) is 0 Å². The molecule has 0 spiro atoms. The van der Waals surface area contributed by atoms with Gasteiger partial charge < -0.3 is 10.4 Å². The Kier molecular flexibility index (Phi) is 4.40. The van der Waals surface area contributed by atoms with Crippen LogP contribution in [0, 0.1) is 0 Å². The molecule has 1 fully saturated rings. The lowest BCUT2D eigenvalue weighted by atomic mass is 10.1. The molecule has 0 bridgehead atoms. The number of hydrogen-bond acceptors (Lipinski definition) is 3. The zero-order valence-electron chi connectivity index (χ0n) is 9.69. The first-order valence-corrected chi connectivity index (χ1v) is 7.99. The number of nitrogens with one attached hydrogen (secondary N) is 1. The SMILES string of the molecule is O=C(O)c1c(Br)cccc1NC1CCS(=O)CC1. The summed E-state index contributed by atoms with van der Waals surface area (Å²) in [5.74, 6) is 0.423. The Balaban J connectivity index is 2.16. The molecule has 98 valence electrons. The first-order chi connectivity index (χ1) is 8.58. The fraction of sp³-hybridized carbons (Fsp3) is 0.417. The Morgan fingerprint density at radius 2 is 2.06 bits per heavy atom. The van der Waals surface area contributed by atoms with Crippen LogP contribution in [0.25, 0.3) is 0 Å². The minimum atomic E-state index is -0.954. The largest absolute Gasteiger partial charge is 0.478 e. The number of rotatable bonds is 3. The van der Waals surface area contributed by atoms with Crippen LogP contribution >= 0.6 is 15.9 Å². The van der Waals surface area contributed by atoms with Crippen LogP contribution < -0.4 is 5.32 Å². The molecule has 0 saturated carbocycles. The van der Waals surface area contributed by atoms with E-state index >= 15 is 0 Å². The molecular formula is C12H14BrNO3S. The van der Waals surface area contributed by atoms with Crippen molar-refractivity contribution in [2.24, 2.45) is 0 Å². The summed E-state index contributed by atoms with van der Waals surface area (Å²) in [5, 5.41) is 12.4. The van der Waals surface area contributed by atoms with Crippen molar-refractivity contribution in [3.63, 3.8) is 0 Å². The summed E-state index contributed by atoms with van der Waals surface area (Å²) >= 11 is 3.25. The molecule has 0 atom stereocenters. The second-order valence-electron chi connectivity index (χ2n) is 4.23. The van der Waals surface area contributed by atoms with Gasteiger partial charge in [0.05, 0.1) is 11.3 Å². The van der Waals surface area contributed by atoms with E-state index in [2.05, 4.69) is 21.2 Å². The number of carboxylic acids is 1. The van der Waals surface area contributed by atoms with Crippen LogP contribution in [0.4, 0.5) is 5.69 Å². The van der Waals surface area contributed by atoms with Crippen LogP contribution in [-0.2, 0) is 10.8 Å². The fourth-order valence-electron chi connectivity index (χ4n) is 2.02. The third-order valence-corrected chi connectivity index (χ3v) is 5.02. The molecule has 1 aliphatic heterocycles. The predicted octanol–water partition coefficient (Wildman–Crippen LogP) is 2.47. The van der Waals surface area contributed by atoms with E-state index in [0.717, 1.165) is 12.8 Å². The number of anilines is 1. The smallest absolute Gasteiger partial charge is 0.338 e. The van der Waals surface area contributed by atoms with Crippen molar-refractivity contribution in [3.05, 3.63) is 28.2 Å². The van der Waals surface area contributed by atoms with Gasteiger partial charge in [0, 0.05) is 32.8 Å². The zero-order chi connectivity index (χ0) is 13.1. The Morgan fingerprint density at radius 1 is 1.39 bits per heavy atom. The maximum atomic E-state index is 11.3. The molecule has 1 aromatic rings. The summed E-state index contributed by atoms with van der Waals surface area (Å²) in [5.41, 5.74) is 0.874. The van der Waals surface area contributed by atoms with Crippen molar-refractivity contribution in [1.29, 1.82) is 0 Å². The van der Waals surface area contributed by atoms with E-state index < -0.39 is 16.8 Å². The number of aromatic carboxylic acids is 1. The van der Waals surface area contributed by atoms with E-state index in [9.17, 15) is 14.1 Å². The van der Waals surface area contributed by atoms with E-state index in [1.54, 1.807) is 18.2 Å². The molecule has 18 heavy (non-hydrogen) atoms. The molecule has 0 aliphatic carbocycles. The monoisotopic (exact) mass is 331 g/mol. The van der Waals surface area contributed by atoms with Crippen molar-refractivity contribution in [2.45, 2.75) is 18.9 Å². The molecule has 1 heterocycles. The molecule has 1 saturated heterocycles. The van der Waals surface area contributed by atoms with Crippen molar-refractivity contribution in [1.82, 2.24) is 0 Å². The summed E-state index contributed by atoms with van der Waals surface area (Å²) in [4.78, 5) is 11.2. The van der Waals surface area contributed by atoms with Gasteiger partial charge in [-0.1, -0.05) is 6.07 Å². The first kappa shape index (κ1) is 13.5. The van der Waals surface area contributed by atoms with Gasteiger partial charge in [-0.3, -0.25) is 4.21 Å². The van der Waals surface area contributed by atoms with Crippen molar-refractivity contribution >= 4 is 38.4 Å². The van der Waals surface area contributed by atoms with Gasteiger partial charge in [-0.2, -0.15) is 0 Å². The first-order valence-electron chi connectivity index (χ1n) is 5.71. The van der Waals surface area contributed by atoms with Gasteiger partial charge in [0.25, 0.3) is 0 Å². The van der Waals surface area contributed by atoms with E-state index in [1.165, 1.54) is 0 Å². The highest BCUT2D eigenvalue weighted by molar-refractivity contribution is 9.10. The van der Waals surface area contributed by atoms with E-state index in [-0.39, 0.29) is 11.6 Å². The Bertz CT molecular complexity index is 482. The third kappa shape index (κ3) is 3.11. The van der Waals surface area contributed by atoms with E-state index in [1.807, 2.05) is 0 Å². The Hall–Kier alpha value is -0.880. The van der Waals surface area contributed by atoms with Gasteiger partial charge in [-0.25, -0.2) is 4.79 Å². The van der Waals surface area contributed by atoms with Gasteiger partial charge in [0.1, 0.15) is 0 Å². The second kappa shape index (κ2) is 5.84. The molecule has 0 amide bonds. The van der Waals surface area contributed by atoms with Crippen LogP contribution in [-0.4, -0.2) is 32.8 Å². The van der Waals surface area contributed by atoms with Gasteiger partial charge in [-0.05, 0) is 40.9 Å². The highest BCUT2D eigenvalue weighted by atomic mass is 79.9. The number of benzene rings is 1. The van der Waals surface area contributed by atoms with Gasteiger partial charge in [0.15, 0.2) is 0 Å². The lowest BCUT2D eigenvalue weighted by molar-refractivity contribution is 0.0697. The van der Waals surface area contributed by atoms with Crippen LogP contribution in [0.1, 0.15) is 23.2 Å². The standard InChI is InChI=1S/C12H14BrNO3S/c13-9-2-1-3-10(11(9)12(15)16)14-8-4-6-18(17)7-5-8/h1-3,8,14H,4-7H2,(H,15,16). The molecule has 1 aromatic carbocycles. The quantitative estimate of drug-likeness (QED) is 0.892. The Labute approximate surface area is 116 Å². The summed E-state index contributed by atoms with van der Waals surface area (Å²) < 4.78 is 11.8. The van der Waals surface area contributed by atoms with E-state index in [0.29, 0.717) is 21.7 Å². The van der Waals surface area contributed by atoms with E-state index in [4.69, 9.17) is 0 Å². The van der Waals surface area contributed by atoms with Crippen LogP contribution in [0.5, 0.6) is 0 Å². The molecule has 0 aromatic heterocycles. The minimum absolute atomic E-state index is 0.204. The van der Waals surface area contributed by atoms with Crippen molar-refractivity contribution < 1.29 is 14.1 Å². The lowest BCUT2D eigenvalue weighted by Gasteiger charge is -2.24. The number of carbonyl (C=O) groups is 1. The summed E-state index contributed by atoms with van der Waals surface area (Å²) in [6.45, 7) is 0. The van der Waals surface area contributed by atoms with Gasteiger partial charge in [0.2, 0.25) is 0 Å². The molecular weight excluding hydrogens is 318 g/mol. The maximum absolute atomic E-state index is 11.3. The average Bonchev–Trinajstić information content (AvgIpc) is 2.32. The predicted molar refractivity (Wildman–Crippen MR) is 75.6 cm³/mol. The van der Waals surface area contributed by atoms with Crippen molar-refractivity contribution in [2.75, 3.05) is 16.8 Å². The number of hydrogen-bond donors (Lipinski definition) is 2. The molecule has 1 aliphatic rings. The highest BCUT2D eigenvalue weighted by Gasteiger charge is 2.20. The fourth-order valence-corrected chi connectivity index (χ4v) is 3.85. The summed E-state index contributed by atoms with van der Waals surface area (Å²) in [6, 6.07) is 5.49. The van der Waals surface area contributed by atoms with Crippen LogP contribution in [0.3, 0.4) is 0 Å². The molecule has 2 rings (SSSR count). The summed E-state index contributed by atoms with van der Waals surface area (Å²) in [6.07, 6.45) is 1.64. The number of halogens is 1. The molecule has 4 nitrogen and oxygen atoms in total. The number of carboxylic acid groups (broad SMARTS) is 1. The second-order valence-corrected chi connectivity index (χ2v) is 6.78. The normalized spacial score (nSPS) is 23.6. The minimum Gasteiger partial charge on any atom is -0.478 e. The van der Waals surface area contributed by atoms with Gasteiger partial charge >= 0.3 is 5.97 Å². The zero-order valence-corrected chi connectivity index (χ0v) is 12.1. The molecule has 6 heteroatoms. The average molecular weight is 332 g/mol. The maximum Gasteiger partial charge on any atom is 0.338 e. The third-order valence-electron chi connectivity index (χ3n) is 2.98. The van der Waals surface area contributed by atoms with Crippen LogP contribution in [0.2, 0.25) is 0 Å². The molecule has 0 radical (unpaired) electrons. The summed E-state index contributed by atoms with van der Waals surface area (Å²) in [7, 11) is -0.703. The van der Waals surface area contributed by atoms with Crippen LogP contribution in [0.15, 0.2) is 22.7 Å². The molecule has 0 unspecified atom stereocenters. The lowest BCUT2D eigenvalue weighted by Crippen LogP contribution is -2.30. The Morgan fingerprint density at radius 3 is 2.67 bits per heavy atom. The molecule has 2 N–H and O–H groups in total. The topological polar surface area (TPSA) is 66.4 Å². The highest BCUT2D eigenvalue weighted by Crippen LogP contribution is 2.26. The van der Waals surface area contributed by atoms with Gasteiger partial charge in [-0.15, -0.1) is 0 Å².